The molecule has 0 aliphatic rings. The number of amides is 3. The zero-order chi connectivity index (χ0) is 34.5. The summed E-state index contributed by atoms with van der Waals surface area (Å²) < 4.78 is 43.9. The van der Waals surface area contributed by atoms with Crippen LogP contribution in [0.2, 0.25) is 0 Å². The van der Waals surface area contributed by atoms with Crippen molar-refractivity contribution in [2.45, 2.75) is 84.8 Å². The largest absolute Gasteiger partial charge is 0.450 e. The van der Waals surface area contributed by atoms with E-state index < -0.39 is 64.7 Å². The van der Waals surface area contributed by atoms with Crippen molar-refractivity contribution in [3.05, 3.63) is 71.3 Å². The molecule has 13 heteroatoms. The van der Waals surface area contributed by atoms with E-state index in [-0.39, 0.29) is 44.7 Å². The Morgan fingerprint density at radius 1 is 0.935 bits per heavy atom. The molecule has 0 spiro atoms. The van der Waals surface area contributed by atoms with Crippen molar-refractivity contribution in [3.8, 4) is 0 Å². The Kier molecular flexibility index (Phi) is 14.5. The predicted molar refractivity (Wildman–Crippen MR) is 167 cm³/mol. The molecule has 3 atom stereocenters. The molecule has 0 fully saturated rings. The molecule has 2 rings (SSSR count). The van der Waals surface area contributed by atoms with Gasteiger partial charge in [-0.2, -0.15) is 0 Å². The predicted octanol–water partition coefficient (Wildman–Crippen LogP) is 3.53. The number of nitrogens with two attached hydrogens (primary N) is 1. The number of esters is 1. The van der Waals surface area contributed by atoms with Crippen LogP contribution in [0, 0.1) is 17.0 Å². The molecular formula is C33H46F2N4O7. The molecule has 0 radical (unpaired) electrons. The molecule has 0 aliphatic heterocycles. The zero-order valence-electron chi connectivity index (χ0n) is 27.3. The lowest BCUT2D eigenvalue weighted by Gasteiger charge is -2.30. The van der Waals surface area contributed by atoms with Crippen molar-refractivity contribution >= 4 is 23.9 Å². The summed E-state index contributed by atoms with van der Waals surface area (Å²) in [5.41, 5.74) is 5.44. The molecule has 0 aliphatic carbocycles. The summed E-state index contributed by atoms with van der Waals surface area (Å²) >= 11 is 0. The van der Waals surface area contributed by atoms with Crippen LogP contribution in [0.15, 0.2) is 48.5 Å². The van der Waals surface area contributed by atoms with Crippen LogP contribution in [0.25, 0.3) is 0 Å². The van der Waals surface area contributed by atoms with Crippen LogP contribution in [0.1, 0.15) is 59.1 Å². The average molecular weight is 649 g/mol. The lowest BCUT2D eigenvalue weighted by atomic mass is 9.93. The topological polar surface area (TPSA) is 158 Å². The van der Waals surface area contributed by atoms with Gasteiger partial charge in [-0.25, -0.2) is 13.6 Å². The minimum Gasteiger partial charge on any atom is -0.450 e. The molecule has 46 heavy (non-hydrogen) atoms. The highest BCUT2D eigenvalue weighted by atomic mass is 19.1. The molecular weight excluding hydrogens is 602 g/mol. The van der Waals surface area contributed by atoms with Crippen molar-refractivity contribution in [3.63, 3.8) is 0 Å². The van der Waals surface area contributed by atoms with E-state index in [2.05, 4.69) is 16.0 Å². The molecule has 254 valence electrons. The first-order chi connectivity index (χ1) is 21.4. The van der Waals surface area contributed by atoms with Crippen molar-refractivity contribution in [2.24, 2.45) is 11.1 Å². The fourth-order valence-electron chi connectivity index (χ4n) is 4.23. The van der Waals surface area contributed by atoms with Crippen LogP contribution in [0.4, 0.5) is 13.6 Å². The summed E-state index contributed by atoms with van der Waals surface area (Å²) in [5, 5.41) is 8.07. The van der Waals surface area contributed by atoms with Gasteiger partial charge in [-0.15, -0.1) is 0 Å². The smallest absolute Gasteiger partial charge is 0.408 e. The van der Waals surface area contributed by atoms with Crippen molar-refractivity contribution in [1.29, 1.82) is 0 Å². The van der Waals surface area contributed by atoms with E-state index in [9.17, 15) is 28.0 Å². The summed E-state index contributed by atoms with van der Waals surface area (Å²) in [6.07, 6.45) is -2.45. The van der Waals surface area contributed by atoms with E-state index >= 15 is 0 Å². The molecule has 0 saturated carbocycles. The number of benzene rings is 2. The molecule has 0 bridgehead atoms. The Morgan fingerprint density at radius 3 is 2.22 bits per heavy atom. The number of halogens is 2. The molecule has 0 saturated heterocycles. The lowest BCUT2D eigenvalue weighted by molar-refractivity contribution is -0.157. The van der Waals surface area contributed by atoms with E-state index in [1.807, 2.05) is 30.3 Å². The van der Waals surface area contributed by atoms with Gasteiger partial charge in [-0.05, 0) is 61.9 Å². The second kappa shape index (κ2) is 17.6. The second-order valence-electron chi connectivity index (χ2n) is 12.8. The van der Waals surface area contributed by atoms with Crippen LogP contribution < -0.4 is 21.7 Å². The normalized spacial score (nSPS) is 13.6. The summed E-state index contributed by atoms with van der Waals surface area (Å²) in [5.74, 6) is -3.05. The Morgan fingerprint density at radius 2 is 1.59 bits per heavy atom. The third kappa shape index (κ3) is 14.8. The van der Waals surface area contributed by atoms with Gasteiger partial charge < -0.3 is 35.9 Å². The van der Waals surface area contributed by atoms with Crippen LogP contribution >= 0.6 is 0 Å². The maximum Gasteiger partial charge on any atom is 0.408 e. The van der Waals surface area contributed by atoms with Crippen LogP contribution in [-0.2, 0) is 41.6 Å². The summed E-state index contributed by atoms with van der Waals surface area (Å²) in [6.45, 7) is 9.94. The molecule has 11 nitrogen and oxygen atoms in total. The monoisotopic (exact) mass is 648 g/mol. The molecule has 0 aromatic heterocycles. The van der Waals surface area contributed by atoms with E-state index in [1.165, 1.54) is 0 Å². The minimum atomic E-state index is -1.47. The van der Waals surface area contributed by atoms with Crippen molar-refractivity contribution in [2.75, 3.05) is 19.7 Å². The van der Waals surface area contributed by atoms with E-state index in [4.69, 9.17) is 19.9 Å². The van der Waals surface area contributed by atoms with Gasteiger partial charge in [0, 0.05) is 32.5 Å². The SMILES string of the molecule is CC(=O)O[C@H](C(=O)NCC(C)(C)CNC(=O)CC(N)Cc1cc(F)ccc1F)[C@@H](COCc1ccccc1)NC(=O)OC(C)(C)C. The maximum absolute atomic E-state index is 13.9. The Labute approximate surface area is 268 Å². The number of nitrogens with one attached hydrogen (secondary N) is 3. The summed E-state index contributed by atoms with van der Waals surface area (Å²) in [4.78, 5) is 50.6. The van der Waals surface area contributed by atoms with Crippen molar-refractivity contribution < 1.29 is 42.2 Å². The Hall–Kier alpha value is -4.10. The summed E-state index contributed by atoms with van der Waals surface area (Å²) in [7, 11) is 0. The third-order valence-corrected chi connectivity index (χ3v) is 6.47. The van der Waals surface area contributed by atoms with Gasteiger partial charge >= 0.3 is 12.1 Å². The second-order valence-corrected chi connectivity index (χ2v) is 12.8. The van der Waals surface area contributed by atoms with Gasteiger partial charge in [-0.1, -0.05) is 44.2 Å². The molecule has 0 heterocycles. The molecule has 3 amide bonds. The quantitative estimate of drug-likeness (QED) is 0.201. The minimum absolute atomic E-state index is 0.0262. The number of alkyl carbamates (subject to hydrolysis) is 1. The van der Waals surface area contributed by atoms with E-state index in [1.54, 1.807) is 34.6 Å². The number of hydrogen-bond donors (Lipinski definition) is 4. The van der Waals surface area contributed by atoms with Crippen LogP contribution in [0.5, 0.6) is 0 Å². The van der Waals surface area contributed by atoms with Gasteiger partial charge in [-0.3, -0.25) is 14.4 Å². The standard InChI is InChI=1S/C33H46F2N4O7/c1-21(40)45-29(27(39-31(43)46-32(2,3)4)18-44-17-22-10-8-7-9-11-22)30(42)38-20-33(5,6)19-37-28(41)16-25(36)15-23-14-24(34)12-13-26(23)35/h7-14,25,27,29H,15-20,36H2,1-6H3,(H,37,41)(H,38,42)(H,39,43)/t25?,27-,29+/m1/s1. The first-order valence-electron chi connectivity index (χ1n) is 15.0. The number of hydrogen-bond acceptors (Lipinski definition) is 8. The molecule has 2 aromatic carbocycles. The van der Waals surface area contributed by atoms with Crippen molar-refractivity contribution in [1.82, 2.24) is 16.0 Å². The van der Waals surface area contributed by atoms with E-state index in [0.29, 0.717) is 0 Å². The molecule has 2 aromatic rings. The highest BCUT2D eigenvalue weighted by Gasteiger charge is 2.35. The van der Waals surface area contributed by atoms with Gasteiger partial charge in [0.1, 0.15) is 23.3 Å². The fourth-order valence-corrected chi connectivity index (χ4v) is 4.23. The molecule has 5 N–H and O–H groups in total. The van der Waals surface area contributed by atoms with Crippen LogP contribution in [-0.4, -0.2) is 67.4 Å². The lowest BCUT2D eigenvalue weighted by Crippen LogP contribution is -2.56. The van der Waals surface area contributed by atoms with Gasteiger partial charge in [0.25, 0.3) is 5.91 Å². The third-order valence-electron chi connectivity index (χ3n) is 6.47. The van der Waals surface area contributed by atoms with Gasteiger partial charge in [0.05, 0.1) is 13.2 Å². The Bertz CT molecular complexity index is 1320. The number of rotatable bonds is 16. The highest BCUT2D eigenvalue weighted by Crippen LogP contribution is 2.15. The average Bonchev–Trinajstić information content (AvgIpc) is 2.94. The Balaban J connectivity index is 2.01. The number of carbonyl (C=O) groups excluding carboxylic acids is 4. The summed E-state index contributed by atoms with van der Waals surface area (Å²) in [6, 6.07) is 10.5. The number of carbonyl (C=O) groups is 4. The zero-order valence-corrected chi connectivity index (χ0v) is 27.3. The van der Waals surface area contributed by atoms with Gasteiger partial charge in [0.15, 0.2) is 0 Å². The van der Waals surface area contributed by atoms with Crippen LogP contribution in [0.3, 0.4) is 0 Å². The number of ether oxygens (including phenoxy) is 3. The van der Waals surface area contributed by atoms with E-state index in [0.717, 1.165) is 30.7 Å². The highest BCUT2D eigenvalue weighted by molar-refractivity contribution is 5.85. The molecule has 1 unspecified atom stereocenters. The van der Waals surface area contributed by atoms with Gasteiger partial charge in [0.2, 0.25) is 12.0 Å². The first kappa shape index (κ1) is 38.1. The first-order valence-corrected chi connectivity index (χ1v) is 15.0. The maximum atomic E-state index is 13.9. The fraction of sp³-hybridized carbons (Fsp3) is 0.515.